The van der Waals surface area contributed by atoms with Crippen molar-refractivity contribution in [3.8, 4) is 0 Å². The zero-order valence-electron chi connectivity index (χ0n) is 16.4. The molecule has 3 rings (SSSR count). The maximum absolute atomic E-state index is 12.7. The lowest BCUT2D eigenvalue weighted by Crippen LogP contribution is -2.46. The quantitative estimate of drug-likeness (QED) is 0.722. The highest BCUT2D eigenvalue weighted by atomic mass is 16.5. The van der Waals surface area contributed by atoms with E-state index in [4.69, 9.17) is 9.73 Å². The van der Waals surface area contributed by atoms with E-state index in [-0.39, 0.29) is 24.2 Å². The van der Waals surface area contributed by atoms with Crippen LogP contribution in [0.3, 0.4) is 0 Å². The average Bonchev–Trinajstić information content (AvgIpc) is 3.30. The fraction of sp³-hybridized carbons (Fsp3) is 0.650. The van der Waals surface area contributed by atoms with Gasteiger partial charge in [0, 0.05) is 25.5 Å². The number of aromatic nitrogens is 2. The number of nitrogens with one attached hydrogen (secondary N) is 1. The molecule has 0 radical (unpaired) electrons. The SMILES string of the molecule is CCCC(CC)N=C1NC(=O)N(CCCn2ccnc2)C1C1CCC=CO1. The van der Waals surface area contributed by atoms with Gasteiger partial charge >= 0.3 is 6.03 Å². The molecule has 0 spiro atoms. The summed E-state index contributed by atoms with van der Waals surface area (Å²) in [6.45, 7) is 5.83. The van der Waals surface area contributed by atoms with Gasteiger partial charge in [-0.3, -0.25) is 10.3 Å². The first-order valence-electron chi connectivity index (χ1n) is 10.1. The summed E-state index contributed by atoms with van der Waals surface area (Å²) in [6, 6.07) is 0.0582. The summed E-state index contributed by atoms with van der Waals surface area (Å²) in [5.74, 6) is 0.781. The molecule has 0 bridgehead atoms. The van der Waals surface area contributed by atoms with Crippen LogP contribution in [0.2, 0.25) is 0 Å². The maximum atomic E-state index is 12.7. The molecule has 148 valence electrons. The Bertz CT molecular complexity index is 655. The van der Waals surface area contributed by atoms with Crippen molar-refractivity contribution in [1.82, 2.24) is 19.8 Å². The van der Waals surface area contributed by atoms with Crippen LogP contribution in [0.25, 0.3) is 0 Å². The van der Waals surface area contributed by atoms with Crippen LogP contribution in [0.5, 0.6) is 0 Å². The van der Waals surface area contributed by atoms with Crippen molar-refractivity contribution < 1.29 is 9.53 Å². The third kappa shape index (κ3) is 4.90. The standard InChI is InChI=1S/C20H31N5O2/c1-3-8-16(4-2)22-19-18(17-9-5-6-14-27-17)25(20(26)23-19)12-7-11-24-13-10-21-15-24/h6,10,13-18H,3-5,7-9,11-12H2,1-2H3,(H,22,23,26). The van der Waals surface area contributed by atoms with Crippen molar-refractivity contribution in [2.75, 3.05) is 6.54 Å². The fourth-order valence-electron chi connectivity index (χ4n) is 3.77. The number of aliphatic imine (C=N–C) groups is 1. The van der Waals surface area contributed by atoms with Gasteiger partial charge in [0.2, 0.25) is 0 Å². The number of amidine groups is 1. The summed E-state index contributed by atoms with van der Waals surface area (Å²) in [5.41, 5.74) is 0. The molecule has 0 aliphatic carbocycles. The van der Waals surface area contributed by atoms with Gasteiger partial charge in [-0.15, -0.1) is 0 Å². The summed E-state index contributed by atoms with van der Waals surface area (Å²) in [6.07, 6.45) is 15.1. The topological polar surface area (TPSA) is 71.8 Å². The van der Waals surface area contributed by atoms with Gasteiger partial charge < -0.3 is 14.2 Å². The normalized spacial score (nSPS) is 24.9. The van der Waals surface area contributed by atoms with Crippen LogP contribution in [0, 0.1) is 0 Å². The number of urea groups is 1. The minimum absolute atomic E-state index is 0.0416. The van der Waals surface area contributed by atoms with Gasteiger partial charge in [-0.2, -0.15) is 0 Å². The van der Waals surface area contributed by atoms with E-state index < -0.39 is 0 Å². The number of carbonyl (C=O) groups excluding carboxylic acids is 1. The van der Waals surface area contributed by atoms with Gasteiger partial charge in [-0.05, 0) is 38.2 Å². The van der Waals surface area contributed by atoms with E-state index in [1.54, 1.807) is 18.8 Å². The number of nitrogens with zero attached hydrogens (tertiary/aromatic N) is 4. The third-order valence-electron chi connectivity index (χ3n) is 5.22. The highest BCUT2D eigenvalue weighted by Gasteiger charge is 2.42. The lowest BCUT2D eigenvalue weighted by atomic mass is 10.0. The van der Waals surface area contributed by atoms with Crippen molar-refractivity contribution in [3.63, 3.8) is 0 Å². The predicted octanol–water partition coefficient (Wildman–Crippen LogP) is 3.34. The summed E-state index contributed by atoms with van der Waals surface area (Å²) in [5, 5.41) is 3.03. The molecule has 1 aromatic rings. The maximum Gasteiger partial charge on any atom is 0.323 e. The molecule has 3 atom stereocenters. The first kappa shape index (κ1) is 19.5. The molecule has 1 saturated heterocycles. The van der Waals surface area contributed by atoms with Gasteiger partial charge in [-0.25, -0.2) is 9.78 Å². The van der Waals surface area contributed by atoms with Crippen LogP contribution in [0.15, 0.2) is 36.1 Å². The molecule has 0 aromatic carbocycles. The first-order valence-corrected chi connectivity index (χ1v) is 10.1. The number of imidazole rings is 1. The second kappa shape index (κ2) is 9.58. The van der Waals surface area contributed by atoms with Crippen molar-refractivity contribution in [2.24, 2.45) is 4.99 Å². The molecule has 7 heteroatoms. The van der Waals surface area contributed by atoms with Gasteiger partial charge in [0.25, 0.3) is 0 Å². The number of carbonyl (C=O) groups is 1. The molecule has 2 aliphatic heterocycles. The minimum Gasteiger partial charge on any atom is -0.496 e. The number of allylic oxidation sites excluding steroid dienone is 1. The Hall–Kier alpha value is -2.31. The Morgan fingerprint density at radius 3 is 2.96 bits per heavy atom. The lowest BCUT2D eigenvalue weighted by Gasteiger charge is -2.31. The second-order valence-electron chi connectivity index (χ2n) is 7.21. The molecule has 3 heterocycles. The van der Waals surface area contributed by atoms with Gasteiger partial charge in [0.15, 0.2) is 0 Å². The number of hydrogen-bond acceptors (Lipinski definition) is 4. The molecule has 0 saturated carbocycles. The lowest BCUT2D eigenvalue weighted by molar-refractivity contribution is 0.0729. The predicted molar refractivity (Wildman–Crippen MR) is 106 cm³/mol. The molecule has 7 nitrogen and oxygen atoms in total. The van der Waals surface area contributed by atoms with E-state index in [0.29, 0.717) is 6.54 Å². The number of amides is 2. The molecule has 27 heavy (non-hydrogen) atoms. The highest BCUT2D eigenvalue weighted by Crippen LogP contribution is 2.24. The molecular weight excluding hydrogens is 342 g/mol. The highest BCUT2D eigenvalue weighted by molar-refractivity contribution is 6.07. The van der Waals surface area contributed by atoms with Gasteiger partial charge in [-0.1, -0.05) is 20.3 Å². The van der Waals surface area contributed by atoms with Crippen LogP contribution < -0.4 is 5.32 Å². The monoisotopic (exact) mass is 373 g/mol. The van der Waals surface area contributed by atoms with Crippen molar-refractivity contribution in [2.45, 2.75) is 77.1 Å². The van der Waals surface area contributed by atoms with Crippen LogP contribution in [-0.2, 0) is 11.3 Å². The summed E-state index contributed by atoms with van der Waals surface area (Å²) in [7, 11) is 0. The molecule has 1 aromatic heterocycles. The Morgan fingerprint density at radius 1 is 1.41 bits per heavy atom. The molecule has 3 unspecified atom stereocenters. The smallest absolute Gasteiger partial charge is 0.323 e. The van der Waals surface area contributed by atoms with Crippen molar-refractivity contribution in [1.29, 1.82) is 0 Å². The van der Waals surface area contributed by atoms with E-state index >= 15 is 0 Å². The van der Waals surface area contributed by atoms with Crippen LogP contribution >= 0.6 is 0 Å². The largest absolute Gasteiger partial charge is 0.496 e. The number of rotatable bonds is 9. The zero-order valence-corrected chi connectivity index (χ0v) is 16.4. The Labute approximate surface area is 161 Å². The Kier molecular flexibility index (Phi) is 6.90. The van der Waals surface area contributed by atoms with Gasteiger partial charge in [0.05, 0.1) is 18.6 Å². The molecule has 2 amide bonds. The molecule has 1 fully saturated rings. The summed E-state index contributed by atoms with van der Waals surface area (Å²) in [4.78, 5) is 23.6. The molecular formula is C20H31N5O2. The third-order valence-corrected chi connectivity index (χ3v) is 5.22. The van der Waals surface area contributed by atoms with Crippen LogP contribution in [-0.4, -0.2) is 51.1 Å². The van der Waals surface area contributed by atoms with E-state index in [0.717, 1.165) is 50.9 Å². The minimum atomic E-state index is -0.129. The number of aryl methyl sites for hydroxylation is 1. The molecule has 1 N–H and O–H groups in total. The van der Waals surface area contributed by atoms with Crippen LogP contribution in [0.1, 0.15) is 52.4 Å². The van der Waals surface area contributed by atoms with Gasteiger partial charge in [0.1, 0.15) is 18.0 Å². The van der Waals surface area contributed by atoms with E-state index in [1.807, 2.05) is 21.7 Å². The fourth-order valence-corrected chi connectivity index (χ4v) is 3.77. The van der Waals surface area contributed by atoms with E-state index in [9.17, 15) is 4.79 Å². The Morgan fingerprint density at radius 2 is 2.30 bits per heavy atom. The van der Waals surface area contributed by atoms with E-state index in [2.05, 4.69) is 24.1 Å². The van der Waals surface area contributed by atoms with Crippen molar-refractivity contribution in [3.05, 3.63) is 31.1 Å². The van der Waals surface area contributed by atoms with Crippen LogP contribution in [0.4, 0.5) is 4.79 Å². The Balaban J connectivity index is 1.74. The number of ether oxygens (including phenoxy) is 1. The van der Waals surface area contributed by atoms with E-state index in [1.165, 1.54) is 0 Å². The summed E-state index contributed by atoms with van der Waals surface area (Å²) >= 11 is 0. The average molecular weight is 374 g/mol. The molecule has 2 aliphatic rings. The van der Waals surface area contributed by atoms with Crippen molar-refractivity contribution >= 4 is 11.9 Å². The first-order chi connectivity index (χ1) is 13.2. The number of hydrogen-bond donors (Lipinski definition) is 1. The summed E-state index contributed by atoms with van der Waals surface area (Å²) < 4.78 is 7.92. The zero-order chi connectivity index (χ0) is 19.1. The second-order valence-corrected chi connectivity index (χ2v) is 7.21.